The highest BCUT2D eigenvalue weighted by Crippen LogP contribution is 2.34. The van der Waals surface area contributed by atoms with E-state index in [2.05, 4.69) is 17.0 Å². The molecule has 0 aromatic heterocycles. The van der Waals surface area contributed by atoms with Gasteiger partial charge in [0.15, 0.2) is 5.60 Å². The number of hydrogen-bond acceptors (Lipinski definition) is 8. The first-order chi connectivity index (χ1) is 26.5. The average molecular weight is 843 g/mol. The van der Waals surface area contributed by atoms with Crippen molar-refractivity contribution in [3.63, 3.8) is 0 Å². The highest BCUT2D eigenvalue weighted by molar-refractivity contribution is 7.84. The van der Waals surface area contributed by atoms with E-state index < -0.39 is 47.2 Å². The summed E-state index contributed by atoms with van der Waals surface area (Å²) in [7, 11) is 0.820. The van der Waals surface area contributed by atoms with Gasteiger partial charge < -0.3 is 35.7 Å². The number of hydrogen-bond donors (Lipinski definition) is 4. The van der Waals surface area contributed by atoms with Crippen LogP contribution in [0.3, 0.4) is 0 Å². The van der Waals surface area contributed by atoms with E-state index in [0.29, 0.717) is 33.6 Å². The van der Waals surface area contributed by atoms with Crippen molar-refractivity contribution in [2.45, 2.75) is 54.4 Å². The summed E-state index contributed by atoms with van der Waals surface area (Å²) < 4.78 is 12.3. The van der Waals surface area contributed by atoms with Crippen molar-refractivity contribution in [3.8, 4) is 6.07 Å². The van der Waals surface area contributed by atoms with Crippen molar-refractivity contribution in [2.75, 3.05) is 39.5 Å². The summed E-state index contributed by atoms with van der Waals surface area (Å²) >= 11 is 12.7. The van der Waals surface area contributed by atoms with Crippen LogP contribution >= 0.6 is 23.2 Å². The lowest BCUT2D eigenvalue weighted by Crippen LogP contribution is -2.42. The molecule has 57 heavy (non-hydrogen) atoms. The molecule has 4 aromatic rings. The Morgan fingerprint density at radius 3 is 2.12 bits per heavy atom. The Balaban J connectivity index is 0.000000535. The standard InChI is InChI=1S/C35H35Cl2N3O2S.C6H8O7.H2O/c1-39(35(41)31-20-24(22-38)19-27-7-3-4-8-29(27)31)23-28(26-11-12-32(36)33(37)21-26)15-18-40-16-13-25(14-17-40)30-9-5-6-10-34(30)43(2)42;7-3(8)1-6(13,5(11)12)2-4(9)10;/h3-12,19-21,25,28H,13-18,23H2,1-2H3;13H,1-2H2,(H,7,8)(H,9,10)(H,11,12);1H2. The zero-order valence-corrected chi connectivity index (χ0v) is 33.7. The Labute approximate surface area is 342 Å². The van der Waals surface area contributed by atoms with Crippen molar-refractivity contribution in [2.24, 2.45) is 0 Å². The van der Waals surface area contributed by atoms with Gasteiger partial charge in [0.1, 0.15) is 0 Å². The maximum absolute atomic E-state index is 13.8. The van der Waals surface area contributed by atoms with E-state index in [9.17, 15) is 28.6 Å². The fraction of sp³-hybridized carbons (Fsp3) is 0.341. The van der Waals surface area contributed by atoms with Gasteiger partial charge in [-0.3, -0.25) is 18.6 Å². The molecule has 5 rings (SSSR count). The molecule has 2 atom stereocenters. The summed E-state index contributed by atoms with van der Waals surface area (Å²) in [5.41, 5.74) is 0.509. The predicted octanol–water partition coefficient (Wildman–Crippen LogP) is 5.81. The number of amides is 1. The van der Waals surface area contributed by atoms with E-state index in [0.717, 1.165) is 60.1 Å². The van der Waals surface area contributed by atoms with Gasteiger partial charge in [0.25, 0.3) is 5.91 Å². The van der Waals surface area contributed by atoms with E-state index in [-0.39, 0.29) is 17.3 Å². The number of nitrogens with zero attached hydrogens (tertiary/aromatic N) is 3. The topological polar surface area (TPSA) is 228 Å². The Bertz CT molecular complexity index is 2140. The number of benzene rings is 4. The van der Waals surface area contributed by atoms with E-state index in [4.69, 9.17) is 43.6 Å². The monoisotopic (exact) mass is 841 g/mol. The van der Waals surface area contributed by atoms with Crippen LogP contribution < -0.4 is 0 Å². The maximum atomic E-state index is 13.8. The second-order valence-electron chi connectivity index (χ2n) is 13.8. The first-order valence-electron chi connectivity index (χ1n) is 17.7. The van der Waals surface area contributed by atoms with Gasteiger partial charge in [-0.25, -0.2) is 4.79 Å². The van der Waals surface area contributed by atoms with Crippen molar-refractivity contribution in [1.82, 2.24) is 9.80 Å². The van der Waals surface area contributed by atoms with Crippen LogP contribution in [0, 0.1) is 11.3 Å². The van der Waals surface area contributed by atoms with Crippen molar-refractivity contribution in [1.29, 1.82) is 5.26 Å². The molecule has 13 nitrogen and oxygen atoms in total. The Morgan fingerprint density at radius 1 is 0.930 bits per heavy atom. The van der Waals surface area contributed by atoms with Gasteiger partial charge in [-0.05, 0) is 97.0 Å². The van der Waals surface area contributed by atoms with Gasteiger partial charge in [0.05, 0.1) is 45.3 Å². The van der Waals surface area contributed by atoms with E-state index in [1.54, 1.807) is 17.2 Å². The predicted molar refractivity (Wildman–Crippen MR) is 217 cm³/mol. The van der Waals surface area contributed by atoms with E-state index >= 15 is 0 Å². The van der Waals surface area contributed by atoms with Crippen LogP contribution in [-0.2, 0) is 25.2 Å². The Kier molecular flexibility index (Phi) is 17.2. The lowest BCUT2D eigenvalue weighted by Gasteiger charge is -2.34. The van der Waals surface area contributed by atoms with Crippen molar-refractivity contribution in [3.05, 3.63) is 111 Å². The summed E-state index contributed by atoms with van der Waals surface area (Å²) in [6.45, 7) is 3.30. The van der Waals surface area contributed by atoms with Crippen molar-refractivity contribution >= 4 is 68.6 Å². The molecule has 1 aliphatic heterocycles. The average Bonchev–Trinajstić information content (AvgIpc) is 3.16. The van der Waals surface area contributed by atoms with Crippen LogP contribution in [0.4, 0.5) is 0 Å². The number of carboxylic acids is 3. The summed E-state index contributed by atoms with van der Waals surface area (Å²) in [6.07, 6.45) is 2.35. The highest BCUT2D eigenvalue weighted by Gasteiger charge is 2.40. The number of halogens is 2. The summed E-state index contributed by atoms with van der Waals surface area (Å²) in [5.74, 6) is -4.69. The third-order valence-corrected chi connectivity index (χ3v) is 11.5. The smallest absolute Gasteiger partial charge is 0.336 e. The summed E-state index contributed by atoms with van der Waals surface area (Å²) in [6, 6.07) is 27.2. The number of fused-ring (bicyclic) bond motifs is 1. The van der Waals surface area contributed by atoms with Crippen LogP contribution in [0.25, 0.3) is 10.8 Å². The van der Waals surface area contributed by atoms with Gasteiger partial charge in [0.2, 0.25) is 0 Å². The fourth-order valence-electron chi connectivity index (χ4n) is 6.90. The van der Waals surface area contributed by atoms with E-state index in [1.807, 2.05) is 73.8 Å². The number of likely N-dealkylation sites (N-methyl/N-ethyl adjacent to an activating group) is 1. The molecule has 1 amide bonds. The van der Waals surface area contributed by atoms with Gasteiger partial charge in [-0.2, -0.15) is 5.26 Å². The molecule has 304 valence electrons. The molecule has 0 saturated carbocycles. The Hall–Kier alpha value is -4.88. The third-order valence-electron chi connectivity index (χ3n) is 9.81. The minimum absolute atomic E-state index is 0. The number of likely N-dealkylation sites (tertiary alicyclic amines) is 1. The molecular weight excluding hydrogens is 797 g/mol. The van der Waals surface area contributed by atoms with Gasteiger partial charge >= 0.3 is 17.9 Å². The molecule has 1 heterocycles. The normalized spacial score (nSPS) is 14.2. The van der Waals surface area contributed by atoms with Gasteiger partial charge in [0, 0.05) is 36.2 Å². The highest BCUT2D eigenvalue weighted by atomic mass is 35.5. The van der Waals surface area contributed by atoms with Crippen molar-refractivity contribution < 1.29 is 49.3 Å². The molecule has 1 aliphatic rings. The summed E-state index contributed by atoms with van der Waals surface area (Å²) in [4.78, 5) is 49.5. The second-order valence-corrected chi connectivity index (χ2v) is 15.9. The molecule has 0 radical (unpaired) electrons. The molecule has 2 unspecified atom stereocenters. The van der Waals surface area contributed by atoms with Crippen LogP contribution in [0.15, 0.2) is 83.8 Å². The number of rotatable bonds is 14. The zero-order valence-electron chi connectivity index (χ0n) is 31.4. The Morgan fingerprint density at radius 2 is 1.54 bits per heavy atom. The lowest BCUT2D eigenvalue weighted by atomic mass is 9.88. The molecule has 4 aromatic carbocycles. The number of aliphatic hydroxyl groups is 1. The largest absolute Gasteiger partial charge is 0.481 e. The first kappa shape index (κ1) is 46.5. The first-order valence-corrected chi connectivity index (χ1v) is 20.0. The number of carbonyl (C=O) groups is 4. The molecule has 16 heteroatoms. The third kappa shape index (κ3) is 12.6. The van der Waals surface area contributed by atoms with Gasteiger partial charge in [-0.1, -0.05) is 71.7 Å². The molecule has 0 spiro atoms. The number of carboxylic acid groups (broad SMARTS) is 3. The maximum Gasteiger partial charge on any atom is 0.336 e. The number of nitriles is 1. The number of piperidine rings is 1. The minimum Gasteiger partial charge on any atom is -0.481 e. The molecule has 0 bridgehead atoms. The van der Waals surface area contributed by atoms with E-state index in [1.165, 1.54) is 5.56 Å². The quantitative estimate of drug-likeness (QED) is 0.118. The van der Waals surface area contributed by atoms with Crippen LogP contribution in [0.2, 0.25) is 10.0 Å². The second kappa shape index (κ2) is 21.0. The molecule has 0 aliphatic carbocycles. The molecule has 1 saturated heterocycles. The molecule has 1 fully saturated rings. The number of aliphatic carboxylic acids is 3. The van der Waals surface area contributed by atoms with Gasteiger partial charge in [-0.15, -0.1) is 0 Å². The minimum atomic E-state index is -2.74. The molecular formula is C41H45Cl2N3O10S. The number of carbonyl (C=O) groups excluding carboxylic acids is 1. The molecule has 6 N–H and O–H groups in total. The van der Waals surface area contributed by atoms with Crippen LogP contribution in [0.5, 0.6) is 0 Å². The van der Waals surface area contributed by atoms with Crippen LogP contribution in [-0.4, -0.2) is 109 Å². The SMILES string of the molecule is CN(CC(CCN1CCC(c2ccccc2S(C)=O)CC1)c1ccc(Cl)c(Cl)c1)C(=O)c1cc(C#N)cc2ccccc12.O.O=C(O)CC(O)(CC(=O)O)C(=O)O. The zero-order chi connectivity index (χ0) is 41.2. The van der Waals surface area contributed by atoms with Crippen LogP contribution in [0.1, 0.15) is 71.0 Å². The lowest BCUT2D eigenvalue weighted by molar-refractivity contribution is -0.170. The summed E-state index contributed by atoms with van der Waals surface area (Å²) in [5, 5.41) is 46.1. The fourth-order valence-corrected chi connectivity index (χ4v) is 8.04.